The van der Waals surface area contributed by atoms with Gasteiger partial charge in [-0.3, -0.25) is 14.5 Å². The molecule has 0 aliphatic carbocycles. The summed E-state index contributed by atoms with van der Waals surface area (Å²) in [5.74, 6) is -0.144. The van der Waals surface area contributed by atoms with E-state index in [0.29, 0.717) is 42.7 Å². The van der Waals surface area contributed by atoms with Gasteiger partial charge in [0.2, 0.25) is 0 Å². The highest BCUT2D eigenvalue weighted by atomic mass is 32.2. The number of nitrogens with one attached hydrogen (secondary N) is 1. The van der Waals surface area contributed by atoms with Gasteiger partial charge in [0.25, 0.3) is 15.9 Å². The van der Waals surface area contributed by atoms with E-state index in [9.17, 15) is 18.3 Å². The number of hydrogen-bond acceptors (Lipinski definition) is 5. The van der Waals surface area contributed by atoms with Crippen LogP contribution < -0.4 is 4.72 Å². The second-order valence-corrected chi connectivity index (χ2v) is 10.8. The first kappa shape index (κ1) is 24.0. The van der Waals surface area contributed by atoms with Crippen molar-refractivity contribution in [2.45, 2.75) is 30.3 Å². The van der Waals surface area contributed by atoms with E-state index in [1.54, 1.807) is 47.5 Å². The molecule has 2 N–H and O–H groups in total. The van der Waals surface area contributed by atoms with Crippen LogP contribution in [-0.4, -0.2) is 42.4 Å². The molecular weight excluding hydrogens is 474 g/mol. The maximum atomic E-state index is 13.1. The monoisotopic (exact) mass is 501 g/mol. The summed E-state index contributed by atoms with van der Waals surface area (Å²) in [4.78, 5) is 19.1. The summed E-state index contributed by atoms with van der Waals surface area (Å²) in [7, 11) is -3.87. The number of para-hydroxylation sites is 1. The summed E-state index contributed by atoms with van der Waals surface area (Å²) in [5, 5.41) is 11.9. The SMILES string of the molecule is Cc1ccccc1C1(O)CCN(C(=O)c2ccc(NS(=O)(=O)c3cccc4cccnc34)cc2)CC1. The van der Waals surface area contributed by atoms with Crippen molar-refractivity contribution < 1.29 is 18.3 Å². The maximum Gasteiger partial charge on any atom is 0.264 e. The lowest BCUT2D eigenvalue weighted by Gasteiger charge is -2.39. The molecular formula is C28H27N3O4S. The number of hydrogen-bond donors (Lipinski definition) is 2. The molecule has 0 bridgehead atoms. The molecule has 1 aliphatic heterocycles. The Hall–Kier alpha value is -3.75. The second kappa shape index (κ2) is 9.37. The van der Waals surface area contributed by atoms with Crippen molar-refractivity contribution in [1.29, 1.82) is 0 Å². The molecule has 8 heteroatoms. The minimum atomic E-state index is -3.87. The van der Waals surface area contributed by atoms with Crippen molar-refractivity contribution in [3.63, 3.8) is 0 Å². The number of amides is 1. The molecule has 4 aromatic rings. The molecule has 36 heavy (non-hydrogen) atoms. The Morgan fingerprint density at radius 3 is 2.36 bits per heavy atom. The highest BCUT2D eigenvalue weighted by Crippen LogP contribution is 2.35. The van der Waals surface area contributed by atoms with E-state index in [1.165, 1.54) is 6.07 Å². The van der Waals surface area contributed by atoms with Gasteiger partial charge in [-0.15, -0.1) is 0 Å². The van der Waals surface area contributed by atoms with Gasteiger partial charge in [-0.25, -0.2) is 8.42 Å². The first-order chi connectivity index (χ1) is 17.3. The lowest BCUT2D eigenvalue weighted by molar-refractivity contribution is -0.0215. The third kappa shape index (κ3) is 4.57. The van der Waals surface area contributed by atoms with E-state index < -0.39 is 15.6 Å². The molecule has 0 spiro atoms. The van der Waals surface area contributed by atoms with Gasteiger partial charge in [-0.05, 0) is 67.3 Å². The summed E-state index contributed by atoms with van der Waals surface area (Å²) in [6.07, 6.45) is 2.48. The predicted octanol–water partition coefficient (Wildman–Crippen LogP) is 4.47. The fourth-order valence-corrected chi connectivity index (χ4v) is 6.05. The molecule has 0 radical (unpaired) electrons. The van der Waals surface area contributed by atoms with Crippen molar-refractivity contribution in [3.05, 3.63) is 102 Å². The molecule has 1 fully saturated rings. The fourth-order valence-electron chi connectivity index (χ4n) is 4.81. The fraction of sp³-hybridized carbons (Fsp3) is 0.214. The number of benzene rings is 3. The van der Waals surface area contributed by atoms with E-state index in [4.69, 9.17) is 0 Å². The van der Waals surface area contributed by atoms with E-state index in [0.717, 1.165) is 16.5 Å². The minimum absolute atomic E-state index is 0.0928. The van der Waals surface area contributed by atoms with Crippen LogP contribution in [-0.2, 0) is 15.6 Å². The zero-order chi connectivity index (χ0) is 25.3. The van der Waals surface area contributed by atoms with Crippen LogP contribution in [0.5, 0.6) is 0 Å². The summed E-state index contributed by atoms with van der Waals surface area (Å²) in [6, 6.07) is 22.8. The average Bonchev–Trinajstić information content (AvgIpc) is 2.89. The summed E-state index contributed by atoms with van der Waals surface area (Å²) < 4.78 is 28.6. The number of piperidine rings is 1. The Bertz CT molecular complexity index is 1520. The zero-order valence-electron chi connectivity index (χ0n) is 19.9. The third-order valence-corrected chi connectivity index (χ3v) is 8.21. The van der Waals surface area contributed by atoms with Crippen molar-refractivity contribution in [3.8, 4) is 0 Å². The molecule has 0 atom stereocenters. The van der Waals surface area contributed by atoms with Crippen molar-refractivity contribution in [2.24, 2.45) is 0 Å². The maximum absolute atomic E-state index is 13.1. The number of pyridine rings is 1. The molecule has 7 nitrogen and oxygen atoms in total. The Balaban J connectivity index is 1.27. The van der Waals surface area contributed by atoms with E-state index >= 15 is 0 Å². The summed E-state index contributed by atoms with van der Waals surface area (Å²) >= 11 is 0. The second-order valence-electron chi connectivity index (χ2n) is 9.15. The van der Waals surface area contributed by atoms with E-state index in [1.807, 2.05) is 43.3 Å². The molecule has 2 heterocycles. The van der Waals surface area contributed by atoms with Crippen LogP contribution in [0, 0.1) is 6.92 Å². The first-order valence-electron chi connectivity index (χ1n) is 11.8. The smallest absolute Gasteiger partial charge is 0.264 e. The summed E-state index contributed by atoms with van der Waals surface area (Å²) in [5.41, 5.74) is 2.22. The standard InChI is InChI=1S/C28H27N3O4S/c1-20-6-2-3-9-24(20)28(33)15-18-31(19-16-28)27(32)22-11-13-23(14-12-22)30-36(34,35)25-10-4-7-21-8-5-17-29-26(21)25/h2-14,17,30,33H,15-16,18-19H2,1H3. The van der Waals surface area contributed by atoms with Crippen LogP contribution in [0.15, 0.2) is 90.0 Å². The normalized spacial score (nSPS) is 15.6. The lowest BCUT2D eigenvalue weighted by Crippen LogP contribution is -2.45. The predicted molar refractivity (Wildman–Crippen MR) is 139 cm³/mol. The Morgan fingerprint density at radius 1 is 0.944 bits per heavy atom. The number of likely N-dealkylation sites (tertiary alicyclic amines) is 1. The van der Waals surface area contributed by atoms with Crippen molar-refractivity contribution in [2.75, 3.05) is 17.8 Å². The van der Waals surface area contributed by atoms with Crippen molar-refractivity contribution >= 4 is 32.5 Å². The van der Waals surface area contributed by atoms with Crippen LogP contribution in [0.4, 0.5) is 5.69 Å². The average molecular weight is 502 g/mol. The number of aryl methyl sites for hydroxylation is 1. The van der Waals surface area contributed by atoms with Crippen LogP contribution in [0.3, 0.4) is 0 Å². The topological polar surface area (TPSA) is 99.6 Å². The van der Waals surface area contributed by atoms with Gasteiger partial charge >= 0.3 is 0 Å². The zero-order valence-corrected chi connectivity index (χ0v) is 20.7. The van der Waals surface area contributed by atoms with Crippen LogP contribution in [0.2, 0.25) is 0 Å². The van der Waals surface area contributed by atoms with Gasteiger partial charge in [0.1, 0.15) is 4.90 Å². The van der Waals surface area contributed by atoms with Crippen LogP contribution in [0.1, 0.15) is 34.3 Å². The molecule has 1 saturated heterocycles. The number of nitrogens with zero attached hydrogens (tertiary/aromatic N) is 2. The van der Waals surface area contributed by atoms with Gasteiger partial charge in [0.05, 0.1) is 11.1 Å². The van der Waals surface area contributed by atoms with Gasteiger partial charge in [0, 0.05) is 35.9 Å². The third-order valence-electron chi connectivity index (χ3n) is 6.79. The quantitative estimate of drug-likeness (QED) is 0.420. The van der Waals surface area contributed by atoms with Gasteiger partial charge < -0.3 is 10.0 Å². The Morgan fingerprint density at radius 2 is 1.64 bits per heavy atom. The molecule has 5 rings (SSSR count). The molecule has 1 amide bonds. The Kier molecular flexibility index (Phi) is 6.24. The Labute approximate surface area is 210 Å². The number of carbonyl (C=O) groups is 1. The first-order valence-corrected chi connectivity index (χ1v) is 13.3. The largest absolute Gasteiger partial charge is 0.385 e. The molecule has 3 aromatic carbocycles. The number of rotatable bonds is 5. The lowest BCUT2D eigenvalue weighted by atomic mass is 9.82. The number of sulfonamides is 1. The molecule has 0 unspecified atom stereocenters. The van der Waals surface area contributed by atoms with E-state index in [-0.39, 0.29) is 10.8 Å². The summed E-state index contributed by atoms with van der Waals surface area (Å²) in [6.45, 7) is 2.86. The van der Waals surface area contributed by atoms with Crippen LogP contribution in [0.25, 0.3) is 10.9 Å². The number of anilines is 1. The highest BCUT2D eigenvalue weighted by molar-refractivity contribution is 7.93. The van der Waals surface area contributed by atoms with Crippen molar-refractivity contribution in [1.82, 2.24) is 9.88 Å². The number of fused-ring (bicyclic) bond motifs is 1. The number of aliphatic hydroxyl groups is 1. The molecule has 1 aromatic heterocycles. The van der Waals surface area contributed by atoms with Crippen LogP contribution >= 0.6 is 0 Å². The number of aromatic nitrogens is 1. The highest BCUT2D eigenvalue weighted by Gasteiger charge is 2.36. The van der Waals surface area contributed by atoms with Gasteiger partial charge in [-0.2, -0.15) is 0 Å². The number of carbonyl (C=O) groups excluding carboxylic acids is 1. The van der Waals surface area contributed by atoms with Gasteiger partial charge in [-0.1, -0.05) is 42.5 Å². The van der Waals surface area contributed by atoms with Gasteiger partial charge in [0.15, 0.2) is 0 Å². The minimum Gasteiger partial charge on any atom is -0.385 e. The molecule has 0 saturated carbocycles. The molecule has 184 valence electrons. The van der Waals surface area contributed by atoms with E-state index in [2.05, 4.69) is 9.71 Å². The molecule has 1 aliphatic rings.